The van der Waals surface area contributed by atoms with Crippen LogP contribution in [0.3, 0.4) is 0 Å². The number of carbonyl (C=O) groups is 3. The van der Waals surface area contributed by atoms with Gasteiger partial charge in [0.2, 0.25) is 0 Å². The molecular formula is C18H21ClFNO5. The molecule has 1 aromatic carbocycles. The number of benzene rings is 1. The molecule has 0 aliphatic rings. The fourth-order valence-electron chi connectivity index (χ4n) is 2.02. The van der Waals surface area contributed by atoms with Gasteiger partial charge in [-0.3, -0.25) is 4.79 Å². The molecule has 8 heteroatoms. The van der Waals surface area contributed by atoms with Crippen LogP contribution in [-0.2, 0) is 23.9 Å². The van der Waals surface area contributed by atoms with Gasteiger partial charge in [-0.05, 0) is 24.1 Å². The SMILES string of the molecule is CC[C@@H](C)[C@@H](NC(=O)COC(=O)/C=C/c1c(F)cccc1Cl)C(=O)OC. The molecule has 0 aliphatic carbocycles. The second-order valence-corrected chi connectivity index (χ2v) is 5.94. The summed E-state index contributed by atoms with van der Waals surface area (Å²) >= 11 is 5.83. The highest BCUT2D eigenvalue weighted by atomic mass is 35.5. The molecule has 0 radical (unpaired) electrons. The average Bonchev–Trinajstić information content (AvgIpc) is 2.62. The number of hydrogen-bond donors (Lipinski definition) is 1. The van der Waals surface area contributed by atoms with Crippen LogP contribution in [-0.4, -0.2) is 37.6 Å². The zero-order chi connectivity index (χ0) is 19.7. The maximum Gasteiger partial charge on any atom is 0.331 e. The van der Waals surface area contributed by atoms with Gasteiger partial charge in [-0.2, -0.15) is 0 Å². The Morgan fingerprint density at radius 3 is 2.62 bits per heavy atom. The molecule has 1 amide bonds. The lowest BCUT2D eigenvalue weighted by atomic mass is 9.99. The number of rotatable bonds is 8. The molecule has 0 heterocycles. The van der Waals surface area contributed by atoms with Crippen LogP contribution in [0.1, 0.15) is 25.8 Å². The number of hydrogen-bond acceptors (Lipinski definition) is 5. The van der Waals surface area contributed by atoms with Crippen LogP contribution < -0.4 is 5.32 Å². The predicted octanol–water partition coefficient (Wildman–Crippen LogP) is 2.74. The van der Waals surface area contributed by atoms with Crippen molar-refractivity contribution in [2.45, 2.75) is 26.3 Å². The summed E-state index contributed by atoms with van der Waals surface area (Å²) in [4.78, 5) is 35.2. The highest BCUT2D eigenvalue weighted by Gasteiger charge is 2.26. The quantitative estimate of drug-likeness (QED) is 0.549. The molecule has 1 aromatic rings. The Morgan fingerprint density at radius 1 is 1.35 bits per heavy atom. The second kappa shape index (κ2) is 10.6. The molecule has 1 N–H and O–H groups in total. The fraction of sp³-hybridized carbons (Fsp3) is 0.389. The Hall–Kier alpha value is -2.41. The smallest absolute Gasteiger partial charge is 0.331 e. The monoisotopic (exact) mass is 385 g/mol. The van der Waals surface area contributed by atoms with Gasteiger partial charge in [0.15, 0.2) is 6.61 Å². The van der Waals surface area contributed by atoms with Crippen molar-refractivity contribution in [2.24, 2.45) is 5.92 Å². The number of ether oxygens (including phenoxy) is 2. The first-order valence-corrected chi connectivity index (χ1v) is 8.34. The molecule has 0 aliphatic heterocycles. The lowest BCUT2D eigenvalue weighted by Crippen LogP contribution is -2.47. The van der Waals surface area contributed by atoms with E-state index in [1.54, 1.807) is 6.92 Å². The van der Waals surface area contributed by atoms with E-state index in [-0.39, 0.29) is 16.5 Å². The Kier molecular flexibility index (Phi) is 8.78. The number of amides is 1. The summed E-state index contributed by atoms with van der Waals surface area (Å²) < 4.78 is 23.0. The average molecular weight is 386 g/mol. The lowest BCUT2D eigenvalue weighted by molar-refractivity contribution is -0.148. The summed E-state index contributed by atoms with van der Waals surface area (Å²) in [5.41, 5.74) is 0.0399. The summed E-state index contributed by atoms with van der Waals surface area (Å²) in [5, 5.41) is 2.61. The van der Waals surface area contributed by atoms with Gasteiger partial charge in [-0.1, -0.05) is 37.9 Å². The third kappa shape index (κ3) is 6.48. The van der Waals surface area contributed by atoms with E-state index < -0.39 is 36.3 Å². The molecular weight excluding hydrogens is 365 g/mol. The summed E-state index contributed by atoms with van der Waals surface area (Å²) in [6.45, 7) is 3.07. The first-order valence-electron chi connectivity index (χ1n) is 7.96. The van der Waals surface area contributed by atoms with Gasteiger partial charge in [0.1, 0.15) is 11.9 Å². The molecule has 26 heavy (non-hydrogen) atoms. The molecule has 0 aromatic heterocycles. The number of nitrogens with one attached hydrogen (secondary N) is 1. The molecule has 0 spiro atoms. The molecule has 142 valence electrons. The fourth-order valence-corrected chi connectivity index (χ4v) is 2.24. The third-order valence-corrected chi connectivity index (χ3v) is 4.05. The third-order valence-electron chi connectivity index (χ3n) is 3.72. The van der Waals surface area contributed by atoms with E-state index in [1.807, 2.05) is 6.92 Å². The van der Waals surface area contributed by atoms with Crippen molar-refractivity contribution < 1.29 is 28.2 Å². The molecule has 0 unspecified atom stereocenters. The zero-order valence-electron chi connectivity index (χ0n) is 14.8. The van der Waals surface area contributed by atoms with Crippen molar-refractivity contribution in [3.63, 3.8) is 0 Å². The van der Waals surface area contributed by atoms with Gasteiger partial charge < -0.3 is 14.8 Å². The number of methoxy groups -OCH3 is 1. The van der Waals surface area contributed by atoms with E-state index in [0.717, 1.165) is 12.2 Å². The van der Waals surface area contributed by atoms with Gasteiger partial charge in [-0.15, -0.1) is 0 Å². The Balaban J connectivity index is 2.59. The maximum atomic E-state index is 13.6. The second-order valence-electron chi connectivity index (χ2n) is 5.53. The molecule has 0 saturated heterocycles. The summed E-state index contributed by atoms with van der Waals surface area (Å²) in [6.07, 6.45) is 2.77. The van der Waals surface area contributed by atoms with Crippen LogP contribution in [0.5, 0.6) is 0 Å². The summed E-state index contributed by atoms with van der Waals surface area (Å²) in [6, 6.07) is 3.29. The van der Waals surface area contributed by atoms with Crippen molar-refractivity contribution in [2.75, 3.05) is 13.7 Å². The molecule has 6 nitrogen and oxygen atoms in total. The normalized spacial score (nSPS) is 13.1. The standard InChI is InChI=1S/C18H21ClFNO5/c1-4-11(2)17(18(24)25-3)21-15(22)10-26-16(23)9-8-12-13(19)6-5-7-14(12)20/h5-9,11,17H,4,10H2,1-3H3,(H,21,22)/b9-8+/t11-,17-/m1/s1. The Morgan fingerprint density at radius 2 is 2.04 bits per heavy atom. The highest BCUT2D eigenvalue weighted by Crippen LogP contribution is 2.20. The first kappa shape index (κ1) is 21.6. The van der Waals surface area contributed by atoms with E-state index in [0.29, 0.717) is 6.42 Å². The van der Waals surface area contributed by atoms with Gasteiger partial charge in [0.05, 0.1) is 12.1 Å². The lowest BCUT2D eigenvalue weighted by Gasteiger charge is -2.21. The van der Waals surface area contributed by atoms with E-state index in [1.165, 1.54) is 25.3 Å². The van der Waals surface area contributed by atoms with Gasteiger partial charge in [0.25, 0.3) is 5.91 Å². The van der Waals surface area contributed by atoms with Crippen LogP contribution in [0.15, 0.2) is 24.3 Å². The van der Waals surface area contributed by atoms with Crippen LogP contribution in [0.25, 0.3) is 6.08 Å². The van der Waals surface area contributed by atoms with Gasteiger partial charge in [-0.25, -0.2) is 14.0 Å². The molecule has 0 saturated carbocycles. The van der Waals surface area contributed by atoms with E-state index in [9.17, 15) is 18.8 Å². The maximum absolute atomic E-state index is 13.6. The summed E-state index contributed by atoms with van der Waals surface area (Å²) in [7, 11) is 1.22. The van der Waals surface area contributed by atoms with E-state index in [4.69, 9.17) is 16.3 Å². The minimum Gasteiger partial charge on any atom is -0.467 e. The zero-order valence-corrected chi connectivity index (χ0v) is 15.5. The Bertz CT molecular complexity index is 672. The predicted molar refractivity (Wildman–Crippen MR) is 94.8 cm³/mol. The van der Waals surface area contributed by atoms with Crippen LogP contribution in [0.4, 0.5) is 4.39 Å². The summed E-state index contributed by atoms with van der Waals surface area (Å²) in [5.74, 6) is -2.81. The van der Waals surface area contributed by atoms with Crippen molar-refractivity contribution in [3.8, 4) is 0 Å². The van der Waals surface area contributed by atoms with Crippen molar-refractivity contribution >= 4 is 35.5 Å². The number of carbonyl (C=O) groups excluding carboxylic acids is 3. The van der Waals surface area contributed by atoms with Crippen molar-refractivity contribution in [1.29, 1.82) is 0 Å². The van der Waals surface area contributed by atoms with Crippen molar-refractivity contribution in [3.05, 3.63) is 40.7 Å². The molecule has 1 rings (SSSR count). The van der Waals surface area contributed by atoms with Crippen molar-refractivity contribution in [1.82, 2.24) is 5.32 Å². The Labute approximate surface area is 156 Å². The molecule has 0 fully saturated rings. The van der Waals surface area contributed by atoms with Gasteiger partial charge >= 0.3 is 11.9 Å². The molecule has 0 bridgehead atoms. The first-order chi connectivity index (χ1) is 12.3. The minimum atomic E-state index is -0.849. The molecule has 2 atom stereocenters. The largest absolute Gasteiger partial charge is 0.467 e. The van der Waals surface area contributed by atoms with E-state index >= 15 is 0 Å². The number of esters is 2. The highest BCUT2D eigenvalue weighted by molar-refractivity contribution is 6.32. The minimum absolute atomic E-state index is 0.0399. The van der Waals surface area contributed by atoms with E-state index in [2.05, 4.69) is 10.1 Å². The van der Waals surface area contributed by atoms with Crippen LogP contribution in [0.2, 0.25) is 5.02 Å². The topological polar surface area (TPSA) is 81.7 Å². The van der Waals surface area contributed by atoms with Crippen LogP contribution >= 0.6 is 11.6 Å². The number of halogens is 2. The van der Waals surface area contributed by atoms with Gasteiger partial charge in [0, 0.05) is 11.6 Å². The van der Waals surface area contributed by atoms with Crippen LogP contribution in [0, 0.1) is 11.7 Å².